The van der Waals surface area contributed by atoms with E-state index >= 15 is 0 Å². The minimum absolute atomic E-state index is 0.0949. The molecule has 0 bridgehead atoms. The second-order valence-electron chi connectivity index (χ2n) is 6.78. The Bertz CT molecular complexity index is 974. The van der Waals surface area contributed by atoms with Gasteiger partial charge >= 0.3 is 0 Å². The van der Waals surface area contributed by atoms with Crippen molar-refractivity contribution in [2.24, 2.45) is 0 Å². The Labute approximate surface area is 192 Å². The number of hydrogen-bond donors (Lipinski definition) is 0. The maximum absolute atomic E-state index is 12.4. The fourth-order valence-corrected chi connectivity index (χ4v) is 4.15. The Balaban J connectivity index is 1.41. The highest BCUT2D eigenvalue weighted by atomic mass is 32.2. The van der Waals surface area contributed by atoms with Crippen LogP contribution in [0.3, 0.4) is 0 Å². The topological polar surface area (TPSA) is 48.0 Å². The van der Waals surface area contributed by atoms with Crippen LogP contribution in [0.25, 0.3) is 6.08 Å². The van der Waals surface area contributed by atoms with Gasteiger partial charge in [0, 0.05) is 6.54 Å². The van der Waals surface area contributed by atoms with E-state index in [0.717, 1.165) is 22.6 Å². The summed E-state index contributed by atoms with van der Waals surface area (Å²) in [7, 11) is 0. The SMILES string of the molecule is C=CCN1C(=O)C(=Cc2cccc(OCCOCCOc3cccc(C)c3)c2)SC1=S. The second-order valence-corrected chi connectivity index (χ2v) is 8.46. The number of thiocarbonyl (C=S) groups is 1. The molecule has 1 saturated heterocycles. The molecule has 1 aliphatic rings. The van der Waals surface area contributed by atoms with Crippen molar-refractivity contribution in [1.29, 1.82) is 0 Å². The highest BCUT2D eigenvalue weighted by Gasteiger charge is 2.30. The number of thioether (sulfide) groups is 1. The van der Waals surface area contributed by atoms with Gasteiger partial charge in [-0.05, 0) is 48.4 Å². The van der Waals surface area contributed by atoms with E-state index in [1.807, 2.05) is 61.5 Å². The molecule has 0 N–H and O–H groups in total. The minimum Gasteiger partial charge on any atom is -0.491 e. The van der Waals surface area contributed by atoms with Crippen LogP contribution in [0.4, 0.5) is 0 Å². The molecule has 1 aliphatic heterocycles. The summed E-state index contributed by atoms with van der Waals surface area (Å²) < 4.78 is 17.5. The Kier molecular flexibility index (Phi) is 8.70. The molecular weight excluding hydrogens is 430 g/mol. The average molecular weight is 456 g/mol. The van der Waals surface area contributed by atoms with Crippen molar-refractivity contribution in [2.45, 2.75) is 6.92 Å². The summed E-state index contributed by atoms with van der Waals surface area (Å²) in [5, 5.41) is 0. The molecule has 0 aliphatic carbocycles. The summed E-state index contributed by atoms with van der Waals surface area (Å²) in [4.78, 5) is 14.6. The number of ether oxygens (including phenoxy) is 3. The van der Waals surface area contributed by atoms with Crippen molar-refractivity contribution in [3.8, 4) is 11.5 Å². The molecule has 1 fully saturated rings. The van der Waals surface area contributed by atoms with Crippen molar-refractivity contribution in [3.05, 3.63) is 77.2 Å². The van der Waals surface area contributed by atoms with Gasteiger partial charge in [-0.3, -0.25) is 9.69 Å². The molecule has 5 nitrogen and oxygen atoms in total. The number of carbonyl (C=O) groups is 1. The molecule has 0 saturated carbocycles. The molecule has 7 heteroatoms. The molecule has 0 atom stereocenters. The van der Waals surface area contributed by atoms with E-state index < -0.39 is 0 Å². The van der Waals surface area contributed by atoms with E-state index in [1.54, 1.807) is 11.0 Å². The van der Waals surface area contributed by atoms with E-state index in [2.05, 4.69) is 6.58 Å². The third-order valence-electron chi connectivity index (χ3n) is 4.32. The lowest BCUT2D eigenvalue weighted by molar-refractivity contribution is -0.121. The van der Waals surface area contributed by atoms with Gasteiger partial charge in [-0.25, -0.2) is 0 Å². The van der Waals surface area contributed by atoms with Gasteiger partial charge in [0.05, 0.1) is 18.1 Å². The third kappa shape index (κ3) is 6.95. The van der Waals surface area contributed by atoms with Crippen LogP contribution in [0.15, 0.2) is 66.1 Å². The molecule has 1 amide bonds. The normalized spacial score (nSPS) is 14.9. The molecule has 3 rings (SSSR count). The van der Waals surface area contributed by atoms with E-state index in [9.17, 15) is 4.79 Å². The zero-order valence-electron chi connectivity index (χ0n) is 17.4. The monoisotopic (exact) mass is 455 g/mol. The standard InChI is InChI=1S/C24H25NO4S2/c1-3-10-25-23(26)22(31-24(25)30)17-19-7-5-9-21(16-19)29-14-12-27-11-13-28-20-8-4-6-18(2)15-20/h3-9,15-17H,1,10-14H2,2H3. The molecule has 162 valence electrons. The highest BCUT2D eigenvalue weighted by Crippen LogP contribution is 2.32. The molecular formula is C24H25NO4S2. The number of benzene rings is 2. The zero-order chi connectivity index (χ0) is 22.1. The lowest BCUT2D eigenvalue weighted by Crippen LogP contribution is -2.27. The Morgan fingerprint density at radius 1 is 1.03 bits per heavy atom. The molecule has 2 aromatic carbocycles. The number of carbonyl (C=O) groups excluding carboxylic acids is 1. The predicted octanol–water partition coefficient (Wildman–Crippen LogP) is 4.86. The summed E-state index contributed by atoms with van der Waals surface area (Å²) in [5.41, 5.74) is 2.04. The van der Waals surface area contributed by atoms with Crippen LogP contribution in [-0.4, -0.2) is 48.1 Å². The van der Waals surface area contributed by atoms with Crippen LogP contribution in [0.5, 0.6) is 11.5 Å². The predicted molar refractivity (Wildman–Crippen MR) is 130 cm³/mol. The minimum atomic E-state index is -0.0949. The second kappa shape index (κ2) is 11.7. The summed E-state index contributed by atoms with van der Waals surface area (Å²) in [6, 6.07) is 15.5. The zero-order valence-corrected chi connectivity index (χ0v) is 19.0. The van der Waals surface area contributed by atoms with E-state index in [0.29, 0.717) is 42.2 Å². The molecule has 0 spiro atoms. The van der Waals surface area contributed by atoms with Gasteiger partial charge in [-0.2, -0.15) is 0 Å². The Hall–Kier alpha value is -2.61. The molecule has 0 radical (unpaired) electrons. The number of amides is 1. The molecule has 0 unspecified atom stereocenters. The lowest BCUT2D eigenvalue weighted by Gasteiger charge is -2.10. The fourth-order valence-electron chi connectivity index (χ4n) is 2.88. The van der Waals surface area contributed by atoms with Crippen molar-refractivity contribution in [2.75, 3.05) is 33.0 Å². The first-order valence-electron chi connectivity index (χ1n) is 9.93. The van der Waals surface area contributed by atoms with Crippen LogP contribution in [-0.2, 0) is 9.53 Å². The highest BCUT2D eigenvalue weighted by molar-refractivity contribution is 8.26. The molecule has 31 heavy (non-hydrogen) atoms. The van der Waals surface area contributed by atoms with Gasteiger partial charge in [0.1, 0.15) is 29.0 Å². The first-order valence-corrected chi connectivity index (χ1v) is 11.2. The Morgan fingerprint density at radius 3 is 2.39 bits per heavy atom. The first-order chi connectivity index (χ1) is 15.1. The fraction of sp³-hybridized carbons (Fsp3) is 0.250. The third-order valence-corrected chi connectivity index (χ3v) is 5.70. The van der Waals surface area contributed by atoms with Gasteiger partial charge in [0.2, 0.25) is 0 Å². The maximum Gasteiger partial charge on any atom is 0.266 e. The van der Waals surface area contributed by atoms with Gasteiger partial charge in [-0.15, -0.1) is 6.58 Å². The van der Waals surface area contributed by atoms with E-state index in [4.69, 9.17) is 26.4 Å². The van der Waals surface area contributed by atoms with Gasteiger partial charge in [-0.1, -0.05) is 54.3 Å². The van der Waals surface area contributed by atoms with Crippen LogP contribution in [0.1, 0.15) is 11.1 Å². The van der Waals surface area contributed by atoms with Crippen molar-refractivity contribution in [1.82, 2.24) is 4.90 Å². The first kappa shape index (κ1) is 23.1. The summed E-state index contributed by atoms with van der Waals surface area (Å²) in [6.45, 7) is 7.98. The summed E-state index contributed by atoms with van der Waals surface area (Å²) in [5.74, 6) is 1.47. The van der Waals surface area contributed by atoms with Crippen LogP contribution >= 0.6 is 24.0 Å². The molecule has 1 heterocycles. The number of hydrogen-bond acceptors (Lipinski definition) is 6. The number of nitrogens with zero attached hydrogens (tertiary/aromatic N) is 1. The van der Waals surface area contributed by atoms with E-state index in [1.165, 1.54) is 11.8 Å². The number of rotatable bonds is 11. The van der Waals surface area contributed by atoms with Gasteiger partial charge in [0.25, 0.3) is 5.91 Å². The van der Waals surface area contributed by atoms with E-state index in [-0.39, 0.29) is 5.91 Å². The van der Waals surface area contributed by atoms with Crippen molar-refractivity contribution < 1.29 is 19.0 Å². The van der Waals surface area contributed by atoms with Gasteiger partial charge in [0.15, 0.2) is 0 Å². The molecule has 2 aromatic rings. The number of aryl methyl sites for hydroxylation is 1. The lowest BCUT2D eigenvalue weighted by atomic mass is 10.2. The Morgan fingerprint density at radius 2 is 1.71 bits per heavy atom. The van der Waals surface area contributed by atoms with Crippen LogP contribution in [0.2, 0.25) is 0 Å². The van der Waals surface area contributed by atoms with Crippen LogP contribution in [0, 0.1) is 6.92 Å². The van der Waals surface area contributed by atoms with Gasteiger partial charge < -0.3 is 14.2 Å². The summed E-state index contributed by atoms with van der Waals surface area (Å²) in [6.07, 6.45) is 3.49. The maximum atomic E-state index is 12.4. The largest absolute Gasteiger partial charge is 0.491 e. The quantitative estimate of drug-likeness (QED) is 0.209. The van der Waals surface area contributed by atoms with Crippen LogP contribution < -0.4 is 9.47 Å². The van der Waals surface area contributed by atoms with Crippen molar-refractivity contribution in [3.63, 3.8) is 0 Å². The summed E-state index contributed by atoms with van der Waals surface area (Å²) >= 11 is 6.57. The average Bonchev–Trinajstić information content (AvgIpc) is 3.01. The molecule has 0 aromatic heterocycles. The smallest absolute Gasteiger partial charge is 0.266 e. The van der Waals surface area contributed by atoms with Crippen molar-refractivity contribution >= 4 is 40.3 Å².